The highest BCUT2D eigenvalue weighted by atomic mass is 16.2. The summed E-state index contributed by atoms with van der Waals surface area (Å²) < 4.78 is 0. The van der Waals surface area contributed by atoms with E-state index in [0.717, 1.165) is 18.4 Å². The molecular formula is C20H28N2O2. The van der Waals surface area contributed by atoms with Gasteiger partial charge in [-0.15, -0.1) is 0 Å². The van der Waals surface area contributed by atoms with Crippen molar-refractivity contribution in [2.24, 2.45) is 5.92 Å². The lowest BCUT2D eigenvalue weighted by Gasteiger charge is -2.35. The van der Waals surface area contributed by atoms with Gasteiger partial charge in [-0.1, -0.05) is 45.0 Å². The lowest BCUT2D eigenvalue weighted by atomic mass is 9.86. The van der Waals surface area contributed by atoms with E-state index in [1.807, 2.05) is 9.80 Å². The van der Waals surface area contributed by atoms with Gasteiger partial charge in [-0.2, -0.15) is 0 Å². The van der Waals surface area contributed by atoms with E-state index in [9.17, 15) is 9.59 Å². The van der Waals surface area contributed by atoms with Gasteiger partial charge in [0.1, 0.15) is 0 Å². The Morgan fingerprint density at radius 1 is 0.958 bits per heavy atom. The fourth-order valence-corrected chi connectivity index (χ4v) is 3.17. The van der Waals surface area contributed by atoms with Gasteiger partial charge in [0.25, 0.3) is 0 Å². The summed E-state index contributed by atoms with van der Waals surface area (Å²) in [7, 11) is 0. The van der Waals surface area contributed by atoms with E-state index in [0.29, 0.717) is 38.5 Å². The summed E-state index contributed by atoms with van der Waals surface area (Å²) in [6, 6.07) is 8.36. The Hall–Kier alpha value is -1.84. The second-order valence-electron chi connectivity index (χ2n) is 8.10. The summed E-state index contributed by atoms with van der Waals surface area (Å²) in [4.78, 5) is 28.4. The van der Waals surface area contributed by atoms with Crippen molar-refractivity contribution in [1.82, 2.24) is 9.80 Å². The minimum absolute atomic E-state index is 0.132. The highest BCUT2D eigenvalue weighted by Gasteiger charge is 2.35. The van der Waals surface area contributed by atoms with Crippen molar-refractivity contribution in [2.45, 2.75) is 45.4 Å². The van der Waals surface area contributed by atoms with Gasteiger partial charge >= 0.3 is 0 Å². The normalized spacial score (nSPS) is 18.6. The number of piperazine rings is 1. The van der Waals surface area contributed by atoms with Gasteiger partial charge in [0.15, 0.2) is 0 Å². The van der Waals surface area contributed by atoms with Crippen LogP contribution in [0.2, 0.25) is 0 Å². The van der Waals surface area contributed by atoms with Crippen LogP contribution in [0, 0.1) is 5.92 Å². The van der Waals surface area contributed by atoms with E-state index < -0.39 is 0 Å². The molecule has 2 fully saturated rings. The molecule has 1 aromatic carbocycles. The molecule has 4 heteroatoms. The number of carbonyl (C=O) groups excluding carboxylic acids is 2. The average Bonchev–Trinajstić information content (AvgIpc) is 3.39. The predicted molar refractivity (Wildman–Crippen MR) is 94.7 cm³/mol. The van der Waals surface area contributed by atoms with Crippen LogP contribution >= 0.6 is 0 Å². The van der Waals surface area contributed by atoms with E-state index in [1.165, 1.54) is 5.56 Å². The number of nitrogens with zero attached hydrogens (tertiary/aromatic N) is 2. The maximum Gasteiger partial charge on any atom is 0.227 e. The first-order chi connectivity index (χ1) is 11.3. The molecule has 0 N–H and O–H groups in total. The Bertz CT molecular complexity index is 604. The van der Waals surface area contributed by atoms with Crippen molar-refractivity contribution in [3.8, 4) is 0 Å². The zero-order valence-electron chi connectivity index (χ0n) is 15.0. The van der Waals surface area contributed by atoms with E-state index in [2.05, 4.69) is 45.0 Å². The second-order valence-corrected chi connectivity index (χ2v) is 8.10. The summed E-state index contributed by atoms with van der Waals surface area (Å²) in [5.41, 5.74) is 2.47. The molecule has 0 spiro atoms. The van der Waals surface area contributed by atoms with Crippen LogP contribution < -0.4 is 0 Å². The molecule has 0 bridgehead atoms. The largest absolute Gasteiger partial charge is 0.339 e. The van der Waals surface area contributed by atoms with E-state index in [1.54, 1.807) is 0 Å². The summed E-state index contributed by atoms with van der Waals surface area (Å²) >= 11 is 0. The third kappa shape index (κ3) is 3.97. The Morgan fingerprint density at radius 2 is 1.50 bits per heavy atom. The van der Waals surface area contributed by atoms with Crippen LogP contribution in [0.4, 0.5) is 0 Å². The summed E-state index contributed by atoms with van der Waals surface area (Å²) in [5.74, 6) is 0.727. The minimum Gasteiger partial charge on any atom is -0.339 e. The van der Waals surface area contributed by atoms with Gasteiger partial charge in [-0.25, -0.2) is 0 Å². The quantitative estimate of drug-likeness (QED) is 0.856. The van der Waals surface area contributed by atoms with E-state index >= 15 is 0 Å². The first-order valence-electron chi connectivity index (χ1n) is 9.00. The molecule has 24 heavy (non-hydrogen) atoms. The van der Waals surface area contributed by atoms with Crippen molar-refractivity contribution < 1.29 is 9.59 Å². The molecule has 1 aliphatic carbocycles. The third-order valence-corrected chi connectivity index (χ3v) is 5.05. The molecule has 0 unspecified atom stereocenters. The molecule has 1 aromatic rings. The Labute approximate surface area is 144 Å². The number of hydrogen-bond donors (Lipinski definition) is 0. The maximum absolute atomic E-state index is 12.5. The van der Waals surface area contributed by atoms with Crippen LogP contribution in [0.5, 0.6) is 0 Å². The molecule has 1 aliphatic heterocycles. The van der Waals surface area contributed by atoms with Crippen molar-refractivity contribution >= 4 is 11.8 Å². The minimum atomic E-state index is 0.132. The summed E-state index contributed by atoms with van der Waals surface area (Å²) in [6.07, 6.45) is 2.53. The molecule has 0 aromatic heterocycles. The van der Waals surface area contributed by atoms with Gasteiger partial charge < -0.3 is 9.80 Å². The van der Waals surface area contributed by atoms with Crippen molar-refractivity contribution in [1.29, 1.82) is 0 Å². The zero-order chi connectivity index (χ0) is 17.3. The molecule has 0 atom stereocenters. The molecule has 2 aliphatic rings. The van der Waals surface area contributed by atoms with Crippen LogP contribution in [-0.2, 0) is 21.4 Å². The summed E-state index contributed by atoms with van der Waals surface area (Å²) in [6.45, 7) is 9.27. The smallest absolute Gasteiger partial charge is 0.227 e. The number of carbonyl (C=O) groups is 2. The van der Waals surface area contributed by atoms with Crippen molar-refractivity contribution in [2.75, 3.05) is 26.2 Å². The Balaban J connectivity index is 1.51. The summed E-state index contributed by atoms with van der Waals surface area (Å²) in [5, 5.41) is 0. The van der Waals surface area contributed by atoms with E-state index in [4.69, 9.17) is 0 Å². The van der Waals surface area contributed by atoms with Gasteiger partial charge in [0, 0.05) is 32.1 Å². The highest BCUT2D eigenvalue weighted by molar-refractivity contribution is 5.82. The Morgan fingerprint density at radius 3 is 2.00 bits per heavy atom. The molecular weight excluding hydrogens is 300 g/mol. The molecule has 0 radical (unpaired) electrons. The van der Waals surface area contributed by atoms with Crippen molar-refractivity contribution in [3.63, 3.8) is 0 Å². The van der Waals surface area contributed by atoms with Gasteiger partial charge in [-0.05, 0) is 29.4 Å². The molecule has 1 saturated carbocycles. The van der Waals surface area contributed by atoms with Gasteiger partial charge in [0.2, 0.25) is 11.8 Å². The number of hydrogen-bond acceptors (Lipinski definition) is 2. The molecule has 130 valence electrons. The molecule has 1 saturated heterocycles. The number of amides is 2. The molecule has 4 nitrogen and oxygen atoms in total. The molecule has 3 rings (SSSR count). The van der Waals surface area contributed by atoms with Gasteiger partial charge in [-0.3, -0.25) is 9.59 Å². The molecule has 1 heterocycles. The van der Waals surface area contributed by atoms with Crippen LogP contribution in [0.3, 0.4) is 0 Å². The fourth-order valence-electron chi connectivity index (χ4n) is 3.17. The highest BCUT2D eigenvalue weighted by Crippen LogP contribution is 2.31. The average molecular weight is 328 g/mol. The predicted octanol–water partition coefficient (Wildman–Crippen LogP) is 2.61. The number of benzene rings is 1. The Kier molecular flexibility index (Phi) is 4.66. The first-order valence-corrected chi connectivity index (χ1v) is 9.00. The maximum atomic E-state index is 12.5. The standard InChI is InChI=1S/C20H28N2O2/c1-20(2,3)17-8-4-15(5-9-17)14-18(23)21-10-12-22(13-11-21)19(24)16-6-7-16/h4-5,8-9,16H,6-7,10-14H2,1-3H3. The SMILES string of the molecule is CC(C)(C)c1ccc(CC(=O)N2CCN(C(=O)C3CC3)CC2)cc1. The van der Waals surface area contributed by atoms with Crippen LogP contribution in [0.1, 0.15) is 44.7 Å². The van der Waals surface area contributed by atoms with E-state index in [-0.39, 0.29) is 17.2 Å². The van der Waals surface area contributed by atoms with Crippen molar-refractivity contribution in [3.05, 3.63) is 35.4 Å². The van der Waals surface area contributed by atoms with Crippen LogP contribution in [0.15, 0.2) is 24.3 Å². The lowest BCUT2D eigenvalue weighted by Crippen LogP contribution is -2.51. The monoisotopic (exact) mass is 328 g/mol. The van der Waals surface area contributed by atoms with Crippen LogP contribution in [0.25, 0.3) is 0 Å². The van der Waals surface area contributed by atoms with Gasteiger partial charge in [0.05, 0.1) is 6.42 Å². The van der Waals surface area contributed by atoms with Crippen LogP contribution in [-0.4, -0.2) is 47.8 Å². The zero-order valence-corrected chi connectivity index (χ0v) is 15.0. The second kappa shape index (κ2) is 6.58. The third-order valence-electron chi connectivity index (χ3n) is 5.05. The number of rotatable bonds is 3. The fraction of sp³-hybridized carbons (Fsp3) is 0.600. The lowest BCUT2D eigenvalue weighted by molar-refractivity contribution is -0.140. The topological polar surface area (TPSA) is 40.6 Å². The molecule has 2 amide bonds. The first kappa shape index (κ1) is 17.0.